The van der Waals surface area contributed by atoms with Gasteiger partial charge in [-0.1, -0.05) is 17.8 Å². The maximum Gasteiger partial charge on any atom is 0.234 e. The molecule has 0 amide bonds. The highest BCUT2D eigenvalue weighted by molar-refractivity contribution is 7.16. The molecule has 2 aliphatic rings. The van der Waals surface area contributed by atoms with Crippen LogP contribution in [0.2, 0.25) is 0 Å². The topological polar surface area (TPSA) is 78.3 Å². The van der Waals surface area contributed by atoms with Crippen molar-refractivity contribution >= 4 is 16.3 Å². The van der Waals surface area contributed by atoms with Crippen molar-refractivity contribution in [3.05, 3.63) is 10.8 Å². The van der Waals surface area contributed by atoms with E-state index in [0.29, 0.717) is 0 Å². The minimum absolute atomic E-state index is 0.0621. The molecule has 7 heteroatoms. The third-order valence-electron chi connectivity index (χ3n) is 4.65. The van der Waals surface area contributed by atoms with E-state index >= 15 is 0 Å². The summed E-state index contributed by atoms with van der Waals surface area (Å²) in [5.74, 6) is 0.857. The van der Waals surface area contributed by atoms with Crippen LogP contribution in [0.1, 0.15) is 49.0 Å². The third kappa shape index (κ3) is 1.96. The van der Waals surface area contributed by atoms with Crippen molar-refractivity contribution in [1.82, 2.24) is 19.8 Å². The molecule has 0 aromatic carbocycles. The lowest BCUT2D eigenvalue weighted by molar-refractivity contribution is 0.103. The van der Waals surface area contributed by atoms with E-state index in [0.717, 1.165) is 48.2 Å². The van der Waals surface area contributed by atoms with Gasteiger partial charge >= 0.3 is 0 Å². The van der Waals surface area contributed by atoms with E-state index in [-0.39, 0.29) is 11.5 Å². The molecular weight excluding hydrogens is 274 g/mol. The molecule has 2 aromatic heterocycles. The number of fused-ring (bicyclic) bond motifs is 1. The highest BCUT2D eigenvalue weighted by Gasteiger charge is 2.37. The summed E-state index contributed by atoms with van der Waals surface area (Å²) in [5.41, 5.74) is 6.22. The van der Waals surface area contributed by atoms with Gasteiger partial charge in [0.1, 0.15) is 11.1 Å². The summed E-state index contributed by atoms with van der Waals surface area (Å²) >= 11 is 1.64. The quantitative estimate of drug-likeness (QED) is 0.928. The number of hydrogen-bond donors (Lipinski definition) is 1. The van der Waals surface area contributed by atoms with Crippen LogP contribution in [0.5, 0.6) is 0 Å². The van der Waals surface area contributed by atoms with Crippen molar-refractivity contribution in [3.63, 3.8) is 0 Å². The highest BCUT2D eigenvalue weighted by atomic mass is 32.1. The van der Waals surface area contributed by atoms with Gasteiger partial charge in [0.15, 0.2) is 5.82 Å². The first-order valence-corrected chi connectivity index (χ1v) is 8.14. The Hall–Kier alpha value is -1.05. The van der Waals surface area contributed by atoms with Gasteiger partial charge in [-0.25, -0.2) is 0 Å². The maximum atomic E-state index is 5.94. The molecule has 108 valence electrons. The van der Waals surface area contributed by atoms with Gasteiger partial charge in [-0.2, -0.15) is 9.61 Å². The van der Waals surface area contributed by atoms with Gasteiger partial charge in [-0.3, -0.25) is 0 Å². The van der Waals surface area contributed by atoms with Crippen molar-refractivity contribution in [2.75, 3.05) is 13.2 Å². The highest BCUT2D eigenvalue weighted by Crippen LogP contribution is 2.43. The fraction of sp³-hybridized carbons (Fsp3) is 0.769. The molecule has 3 heterocycles. The minimum Gasteiger partial charge on any atom is -0.370 e. The van der Waals surface area contributed by atoms with E-state index in [9.17, 15) is 0 Å². The average Bonchev–Trinajstić information content (AvgIpc) is 3.09. The molecule has 1 saturated carbocycles. The Bertz CT molecular complexity index is 606. The zero-order valence-electron chi connectivity index (χ0n) is 11.4. The van der Waals surface area contributed by atoms with Crippen LogP contribution in [0.15, 0.2) is 0 Å². The zero-order chi connectivity index (χ0) is 13.6. The molecule has 1 atom stereocenters. The van der Waals surface area contributed by atoms with Crippen LogP contribution >= 0.6 is 11.3 Å². The first kappa shape index (κ1) is 12.7. The second kappa shape index (κ2) is 4.75. The Morgan fingerprint density at radius 1 is 1.35 bits per heavy atom. The van der Waals surface area contributed by atoms with Gasteiger partial charge in [0.25, 0.3) is 0 Å². The van der Waals surface area contributed by atoms with Crippen molar-refractivity contribution < 1.29 is 4.74 Å². The zero-order valence-corrected chi connectivity index (χ0v) is 12.2. The lowest BCUT2D eigenvalue weighted by atomic mass is 9.67. The van der Waals surface area contributed by atoms with Crippen LogP contribution in [-0.2, 0) is 11.2 Å². The largest absolute Gasteiger partial charge is 0.370 e. The van der Waals surface area contributed by atoms with E-state index in [1.807, 2.05) is 4.52 Å². The number of aromatic nitrogens is 4. The molecule has 1 aliphatic carbocycles. The molecule has 2 fully saturated rings. The summed E-state index contributed by atoms with van der Waals surface area (Å²) in [5, 5.41) is 14.3. The van der Waals surface area contributed by atoms with Crippen LogP contribution < -0.4 is 5.73 Å². The third-order valence-corrected chi connectivity index (χ3v) is 5.55. The second-order valence-corrected chi connectivity index (χ2v) is 7.03. The Balaban J connectivity index is 1.62. The normalized spacial score (nSPS) is 25.1. The van der Waals surface area contributed by atoms with Crippen molar-refractivity contribution in [2.45, 2.75) is 44.6 Å². The van der Waals surface area contributed by atoms with Crippen LogP contribution in [0.25, 0.3) is 4.96 Å². The maximum absolute atomic E-state index is 5.94. The SMILES string of the molecule is NCC1(Cc2nn3c(C4CCCO4)nnc3s2)CCC1. The first-order chi connectivity index (χ1) is 9.80. The van der Waals surface area contributed by atoms with E-state index < -0.39 is 0 Å². The molecule has 6 nitrogen and oxygen atoms in total. The summed E-state index contributed by atoms with van der Waals surface area (Å²) < 4.78 is 7.56. The van der Waals surface area contributed by atoms with Gasteiger partial charge in [0.2, 0.25) is 4.96 Å². The summed E-state index contributed by atoms with van der Waals surface area (Å²) in [6.07, 6.45) is 6.88. The number of nitrogens with two attached hydrogens (primary N) is 1. The predicted molar refractivity (Wildman–Crippen MR) is 75.6 cm³/mol. The monoisotopic (exact) mass is 293 g/mol. The Labute approximate surface area is 121 Å². The first-order valence-electron chi connectivity index (χ1n) is 7.32. The average molecular weight is 293 g/mol. The smallest absolute Gasteiger partial charge is 0.234 e. The van der Waals surface area contributed by atoms with Crippen LogP contribution in [0, 0.1) is 5.41 Å². The van der Waals surface area contributed by atoms with Crippen LogP contribution in [0.3, 0.4) is 0 Å². The lowest BCUT2D eigenvalue weighted by Gasteiger charge is -2.40. The summed E-state index contributed by atoms with van der Waals surface area (Å²) in [6.45, 7) is 1.57. The molecule has 0 bridgehead atoms. The Kier molecular flexibility index (Phi) is 3.01. The standard InChI is InChI=1S/C13H19N5OS/c14-8-13(4-2-5-13)7-10-17-18-11(9-3-1-6-19-9)15-16-12(18)20-10/h9H,1-8,14H2. The van der Waals surface area contributed by atoms with Crippen LogP contribution in [0.4, 0.5) is 0 Å². The number of hydrogen-bond acceptors (Lipinski definition) is 6. The molecule has 4 rings (SSSR count). The van der Waals surface area contributed by atoms with E-state index in [4.69, 9.17) is 15.6 Å². The molecule has 20 heavy (non-hydrogen) atoms. The number of nitrogens with zero attached hydrogens (tertiary/aromatic N) is 4. The molecule has 0 spiro atoms. The van der Waals surface area contributed by atoms with Gasteiger partial charge < -0.3 is 10.5 Å². The van der Waals surface area contributed by atoms with E-state index in [1.54, 1.807) is 11.3 Å². The lowest BCUT2D eigenvalue weighted by Crippen LogP contribution is -2.39. The molecule has 2 N–H and O–H groups in total. The summed E-state index contributed by atoms with van der Waals surface area (Å²) in [4.78, 5) is 0.872. The number of ether oxygens (including phenoxy) is 1. The van der Waals surface area contributed by atoms with Gasteiger partial charge in [0, 0.05) is 13.0 Å². The van der Waals surface area contributed by atoms with E-state index in [2.05, 4.69) is 10.2 Å². The Morgan fingerprint density at radius 3 is 2.90 bits per heavy atom. The van der Waals surface area contributed by atoms with Crippen molar-refractivity contribution in [1.29, 1.82) is 0 Å². The molecule has 0 radical (unpaired) electrons. The van der Waals surface area contributed by atoms with Crippen molar-refractivity contribution in [3.8, 4) is 0 Å². The second-order valence-electron chi connectivity index (χ2n) is 5.98. The van der Waals surface area contributed by atoms with Gasteiger partial charge in [-0.15, -0.1) is 10.2 Å². The molecule has 1 aliphatic heterocycles. The molecule has 1 saturated heterocycles. The fourth-order valence-corrected chi connectivity index (χ4v) is 4.19. The minimum atomic E-state index is 0.0621. The van der Waals surface area contributed by atoms with E-state index in [1.165, 1.54) is 19.3 Å². The molecule has 1 unspecified atom stereocenters. The summed E-state index contributed by atoms with van der Waals surface area (Å²) in [6, 6.07) is 0. The summed E-state index contributed by atoms with van der Waals surface area (Å²) in [7, 11) is 0. The molecular formula is C13H19N5OS. The molecule has 2 aromatic rings. The fourth-order valence-electron chi connectivity index (χ4n) is 3.18. The van der Waals surface area contributed by atoms with Crippen molar-refractivity contribution in [2.24, 2.45) is 11.1 Å². The van der Waals surface area contributed by atoms with Crippen LogP contribution in [-0.4, -0.2) is 33.0 Å². The predicted octanol–water partition coefficient (Wildman–Crippen LogP) is 1.71. The van der Waals surface area contributed by atoms with Gasteiger partial charge in [-0.05, 0) is 37.6 Å². The van der Waals surface area contributed by atoms with Gasteiger partial charge in [0.05, 0.1) is 0 Å². The Morgan fingerprint density at radius 2 is 2.25 bits per heavy atom. The number of rotatable bonds is 4.